The van der Waals surface area contributed by atoms with E-state index in [0.717, 1.165) is 49.8 Å². The third kappa shape index (κ3) is 4.90. The Hall–Kier alpha value is -6.94. The smallest absolute Gasteiger partial charge is 0.143 e. The van der Waals surface area contributed by atoms with Gasteiger partial charge in [0.1, 0.15) is 11.2 Å². The summed E-state index contributed by atoms with van der Waals surface area (Å²) in [6.45, 7) is 4.70. The standard InChI is InChI=1S/C55H37NOS/c1-55(2)47-17-7-5-14-46(47)52-48(55)18-10-19-49(52)56(38-27-21-34(22-28-38)37-26-31-43-42-13-6-8-20-50(42)58-51(43)33-37)39-29-23-36(24-30-39)41-15-9-16-44-45-32-25-35-11-3-4-12-40(35)54(45)57-53(41)44/h3-33H,1-2H3. The van der Waals surface area contributed by atoms with Gasteiger partial charge in [0.25, 0.3) is 0 Å². The molecule has 0 radical (unpaired) electrons. The second-order valence-electron chi connectivity index (χ2n) is 16.1. The Morgan fingerprint density at radius 1 is 0.431 bits per heavy atom. The van der Waals surface area contributed by atoms with Crippen LogP contribution in [0.25, 0.3) is 86.3 Å². The number of rotatable bonds is 5. The summed E-state index contributed by atoms with van der Waals surface area (Å²) in [5, 5.41) is 7.25. The van der Waals surface area contributed by atoms with E-state index in [4.69, 9.17) is 4.42 Å². The Bertz CT molecular complexity index is 3420. The van der Waals surface area contributed by atoms with Crippen LogP contribution >= 0.6 is 11.3 Å². The first-order valence-electron chi connectivity index (χ1n) is 20.0. The number of anilines is 3. The number of fused-ring (bicyclic) bond motifs is 11. The summed E-state index contributed by atoms with van der Waals surface area (Å²) in [6, 6.07) is 68.8. The Morgan fingerprint density at radius 3 is 1.88 bits per heavy atom. The molecule has 3 heteroatoms. The third-order valence-electron chi connectivity index (χ3n) is 12.5. The molecule has 274 valence electrons. The van der Waals surface area contributed by atoms with E-state index in [1.807, 2.05) is 11.3 Å². The molecule has 0 saturated carbocycles. The summed E-state index contributed by atoms with van der Waals surface area (Å²) in [6.07, 6.45) is 0. The van der Waals surface area contributed by atoms with E-state index in [0.29, 0.717) is 0 Å². The summed E-state index contributed by atoms with van der Waals surface area (Å²) in [5.74, 6) is 0. The largest absolute Gasteiger partial charge is 0.455 e. The lowest BCUT2D eigenvalue weighted by molar-refractivity contribution is 0.660. The molecule has 0 aliphatic heterocycles. The van der Waals surface area contributed by atoms with Crippen LogP contribution in [0, 0.1) is 0 Å². The van der Waals surface area contributed by atoms with Gasteiger partial charge in [0.15, 0.2) is 0 Å². The number of hydrogen-bond donors (Lipinski definition) is 0. The molecule has 12 rings (SSSR count). The van der Waals surface area contributed by atoms with Crippen molar-refractivity contribution in [2.75, 3.05) is 4.90 Å². The molecule has 0 amide bonds. The number of thiophene rings is 1. The van der Waals surface area contributed by atoms with Crippen molar-refractivity contribution in [3.05, 3.63) is 199 Å². The van der Waals surface area contributed by atoms with Crippen LogP contribution in [0.4, 0.5) is 17.1 Å². The quantitative estimate of drug-likeness (QED) is 0.174. The van der Waals surface area contributed by atoms with E-state index in [2.05, 4.69) is 207 Å². The van der Waals surface area contributed by atoms with Gasteiger partial charge in [0.05, 0.1) is 5.69 Å². The van der Waals surface area contributed by atoms with Crippen molar-refractivity contribution in [1.82, 2.24) is 0 Å². The first-order valence-corrected chi connectivity index (χ1v) is 20.8. The van der Waals surface area contributed by atoms with Gasteiger partial charge in [-0.05, 0) is 87.3 Å². The molecule has 1 aliphatic carbocycles. The van der Waals surface area contributed by atoms with Crippen LogP contribution in [-0.4, -0.2) is 0 Å². The Kier molecular flexibility index (Phi) is 7.18. The second kappa shape index (κ2) is 12.5. The van der Waals surface area contributed by atoms with Gasteiger partial charge in [-0.1, -0.05) is 153 Å². The minimum absolute atomic E-state index is 0.108. The van der Waals surface area contributed by atoms with Crippen LogP contribution in [0.1, 0.15) is 25.0 Å². The number of hydrogen-bond acceptors (Lipinski definition) is 3. The molecule has 58 heavy (non-hydrogen) atoms. The minimum atomic E-state index is -0.108. The van der Waals surface area contributed by atoms with E-state index in [1.54, 1.807) is 0 Å². The predicted molar refractivity (Wildman–Crippen MR) is 247 cm³/mol. The van der Waals surface area contributed by atoms with Gasteiger partial charge in [-0.3, -0.25) is 0 Å². The fourth-order valence-corrected chi connectivity index (χ4v) is 10.7. The van der Waals surface area contributed by atoms with Crippen molar-refractivity contribution in [3.63, 3.8) is 0 Å². The van der Waals surface area contributed by atoms with Crippen molar-refractivity contribution in [2.24, 2.45) is 0 Å². The highest BCUT2D eigenvalue weighted by atomic mass is 32.1. The van der Waals surface area contributed by atoms with Gasteiger partial charge in [-0.25, -0.2) is 0 Å². The molecule has 0 bridgehead atoms. The van der Waals surface area contributed by atoms with E-state index in [9.17, 15) is 0 Å². The van der Waals surface area contributed by atoms with Gasteiger partial charge >= 0.3 is 0 Å². The first-order chi connectivity index (χ1) is 28.5. The molecular formula is C55H37NOS. The number of benzene rings is 9. The summed E-state index contributed by atoms with van der Waals surface area (Å²) in [4.78, 5) is 2.44. The Balaban J connectivity index is 0.993. The summed E-state index contributed by atoms with van der Waals surface area (Å²) in [7, 11) is 0. The highest BCUT2D eigenvalue weighted by Crippen LogP contribution is 2.54. The average molecular weight is 760 g/mol. The van der Waals surface area contributed by atoms with Crippen LogP contribution in [0.2, 0.25) is 0 Å². The van der Waals surface area contributed by atoms with Crippen molar-refractivity contribution in [2.45, 2.75) is 19.3 Å². The van der Waals surface area contributed by atoms with Crippen LogP contribution < -0.4 is 4.90 Å². The molecule has 0 spiro atoms. The molecule has 1 aliphatic rings. The van der Waals surface area contributed by atoms with Gasteiger partial charge in [0.2, 0.25) is 0 Å². The predicted octanol–water partition coefficient (Wildman–Crippen LogP) is 16.2. The molecule has 0 atom stereocenters. The van der Waals surface area contributed by atoms with Gasteiger partial charge < -0.3 is 9.32 Å². The zero-order valence-corrected chi connectivity index (χ0v) is 33.0. The second-order valence-corrected chi connectivity index (χ2v) is 17.1. The van der Waals surface area contributed by atoms with E-state index in [1.165, 1.54) is 64.6 Å². The molecule has 11 aromatic rings. The zero-order chi connectivity index (χ0) is 38.5. The fraction of sp³-hybridized carbons (Fsp3) is 0.0545. The lowest BCUT2D eigenvalue weighted by Gasteiger charge is -2.29. The molecule has 0 saturated heterocycles. The van der Waals surface area contributed by atoms with Crippen LogP contribution in [0.15, 0.2) is 192 Å². The summed E-state index contributed by atoms with van der Waals surface area (Å²) in [5.41, 5.74) is 15.1. The lowest BCUT2D eigenvalue weighted by Crippen LogP contribution is -2.16. The van der Waals surface area contributed by atoms with Crippen LogP contribution in [0.3, 0.4) is 0 Å². The monoisotopic (exact) mass is 759 g/mol. The third-order valence-corrected chi connectivity index (χ3v) is 13.6. The lowest BCUT2D eigenvalue weighted by atomic mass is 9.82. The Labute approximate surface area is 340 Å². The average Bonchev–Trinajstić information content (AvgIpc) is 3.92. The molecule has 0 unspecified atom stereocenters. The SMILES string of the molecule is CC1(C)c2ccccc2-c2c(N(c3ccc(-c4ccc5c(c4)sc4ccccc45)cc3)c3ccc(-c4cccc5c4oc4c6ccccc6ccc54)cc3)cccc21. The van der Waals surface area contributed by atoms with Gasteiger partial charge in [0, 0.05) is 64.2 Å². The maximum atomic E-state index is 6.75. The molecule has 2 aromatic heterocycles. The van der Waals surface area contributed by atoms with Crippen LogP contribution in [0.5, 0.6) is 0 Å². The topological polar surface area (TPSA) is 16.4 Å². The highest BCUT2D eigenvalue weighted by molar-refractivity contribution is 7.25. The van der Waals surface area contributed by atoms with Crippen molar-refractivity contribution < 1.29 is 4.42 Å². The minimum Gasteiger partial charge on any atom is -0.455 e. The summed E-state index contributed by atoms with van der Waals surface area (Å²) >= 11 is 1.87. The molecular weight excluding hydrogens is 723 g/mol. The maximum Gasteiger partial charge on any atom is 0.143 e. The fourth-order valence-electron chi connectivity index (χ4n) is 9.60. The van der Waals surface area contributed by atoms with E-state index < -0.39 is 0 Å². The molecule has 2 nitrogen and oxygen atoms in total. The highest BCUT2D eigenvalue weighted by Gasteiger charge is 2.37. The van der Waals surface area contributed by atoms with Crippen molar-refractivity contribution >= 4 is 81.3 Å². The van der Waals surface area contributed by atoms with Crippen LogP contribution in [-0.2, 0) is 5.41 Å². The molecule has 9 aromatic carbocycles. The van der Waals surface area contributed by atoms with Gasteiger partial charge in [-0.15, -0.1) is 11.3 Å². The number of para-hydroxylation sites is 1. The normalized spacial score (nSPS) is 13.1. The molecule has 0 N–H and O–H groups in total. The zero-order valence-electron chi connectivity index (χ0n) is 32.2. The van der Waals surface area contributed by atoms with E-state index >= 15 is 0 Å². The van der Waals surface area contributed by atoms with Gasteiger partial charge in [-0.2, -0.15) is 0 Å². The number of furan rings is 1. The molecule has 2 heterocycles. The van der Waals surface area contributed by atoms with E-state index in [-0.39, 0.29) is 5.41 Å². The first kappa shape index (κ1) is 33.2. The van der Waals surface area contributed by atoms with Crippen molar-refractivity contribution in [1.29, 1.82) is 0 Å². The summed E-state index contributed by atoms with van der Waals surface area (Å²) < 4.78 is 9.39. The van der Waals surface area contributed by atoms with Crippen molar-refractivity contribution in [3.8, 4) is 33.4 Å². The Morgan fingerprint density at radius 2 is 1.03 bits per heavy atom. The number of nitrogens with zero attached hydrogens (tertiary/aromatic N) is 1. The molecule has 0 fully saturated rings. The maximum absolute atomic E-state index is 6.75.